The predicted octanol–water partition coefficient (Wildman–Crippen LogP) is 2.36. The number of phenols is 1. The molecule has 0 aliphatic rings. The van der Waals surface area contributed by atoms with Crippen LogP contribution < -0.4 is 4.74 Å². The first-order valence-corrected chi connectivity index (χ1v) is 4.66. The van der Waals surface area contributed by atoms with Crippen LogP contribution in [-0.4, -0.2) is 11.7 Å². The van der Waals surface area contributed by atoms with Crippen LogP contribution in [0.1, 0.15) is 18.9 Å². The van der Waals surface area contributed by atoms with Crippen LogP contribution in [0.15, 0.2) is 18.2 Å². The number of ether oxygens (including phenoxy) is 1. The summed E-state index contributed by atoms with van der Waals surface area (Å²) in [4.78, 5) is 0. The zero-order valence-corrected chi connectivity index (χ0v) is 8.29. The number of hydrogen-bond donors (Lipinski definition) is 1. The molecule has 0 saturated carbocycles. The molecular weight excluding hydrogens is 176 g/mol. The maximum atomic E-state index is 9.59. The van der Waals surface area contributed by atoms with Crippen molar-refractivity contribution in [1.29, 1.82) is 0 Å². The summed E-state index contributed by atoms with van der Waals surface area (Å²) in [6.07, 6.45) is 6.94. The second kappa shape index (κ2) is 5.18. The lowest BCUT2D eigenvalue weighted by Gasteiger charge is -2.06. The molecule has 0 amide bonds. The summed E-state index contributed by atoms with van der Waals surface area (Å²) in [7, 11) is 0. The minimum atomic E-state index is 0.229. The molecule has 0 atom stereocenters. The van der Waals surface area contributed by atoms with Crippen LogP contribution in [-0.2, 0) is 6.42 Å². The van der Waals surface area contributed by atoms with Gasteiger partial charge in [0, 0.05) is 6.07 Å². The van der Waals surface area contributed by atoms with Crippen LogP contribution in [0, 0.1) is 12.3 Å². The Morgan fingerprint density at radius 2 is 2.29 bits per heavy atom. The van der Waals surface area contributed by atoms with Gasteiger partial charge in [-0.3, -0.25) is 0 Å². The molecule has 1 N–H and O–H groups in total. The summed E-state index contributed by atoms with van der Waals surface area (Å²) >= 11 is 0. The van der Waals surface area contributed by atoms with Gasteiger partial charge in [0.15, 0.2) is 0 Å². The van der Waals surface area contributed by atoms with E-state index < -0.39 is 0 Å². The van der Waals surface area contributed by atoms with Crippen molar-refractivity contribution in [3.63, 3.8) is 0 Å². The zero-order chi connectivity index (χ0) is 10.4. The van der Waals surface area contributed by atoms with Crippen molar-refractivity contribution in [2.75, 3.05) is 6.61 Å². The third-order valence-electron chi connectivity index (χ3n) is 1.90. The van der Waals surface area contributed by atoms with Crippen molar-refractivity contribution in [3.05, 3.63) is 23.8 Å². The van der Waals surface area contributed by atoms with E-state index in [4.69, 9.17) is 11.2 Å². The largest absolute Gasteiger partial charge is 0.508 e. The van der Waals surface area contributed by atoms with Crippen LogP contribution in [0.25, 0.3) is 0 Å². The molecule has 0 heterocycles. The summed E-state index contributed by atoms with van der Waals surface area (Å²) in [5, 5.41) is 9.59. The second-order valence-corrected chi connectivity index (χ2v) is 3.03. The maximum Gasteiger partial charge on any atom is 0.148 e. The molecule has 1 aromatic rings. The van der Waals surface area contributed by atoms with E-state index in [0.29, 0.717) is 5.75 Å². The highest BCUT2D eigenvalue weighted by atomic mass is 16.5. The van der Waals surface area contributed by atoms with Gasteiger partial charge >= 0.3 is 0 Å². The summed E-state index contributed by atoms with van der Waals surface area (Å²) < 4.78 is 5.17. The molecule has 2 heteroatoms. The van der Waals surface area contributed by atoms with E-state index in [0.717, 1.165) is 18.4 Å². The molecule has 0 unspecified atom stereocenters. The average Bonchev–Trinajstić information content (AvgIpc) is 2.19. The van der Waals surface area contributed by atoms with Gasteiger partial charge in [-0.2, -0.15) is 0 Å². The van der Waals surface area contributed by atoms with Crippen molar-refractivity contribution in [2.24, 2.45) is 0 Å². The van der Waals surface area contributed by atoms with Crippen LogP contribution in [0.2, 0.25) is 0 Å². The topological polar surface area (TPSA) is 29.5 Å². The third-order valence-corrected chi connectivity index (χ3v) is 1.90. The Kier molecular flexibility index (Phi) is 3.87. The quantitative estimate of drug-likeness (QED) is 0.738. The van der Waals surface area contributed by atoms with Gasteiger partial charge < -0.3 is 9.84 Å². The van der Waals surface area contributed by atoms with E-state index in [9.17, 15) is 5.11 Å². The Hall–Kier alpha value is -1.62. The maximum absolute atomic E-state index is 9.59. The molecule has 0 aromatic heterocycles. The molecule has 0 aliphatic heterocycles. The van der Waals surface area contributed by atoms with E-state index in [1.807, 2.05) is 12.1 Å². The van der Waals surface area contributed by atoms with Gasteiger partial charge in [-0.05, 0) is 18.1 Å². The van der Waals surface area contributed by atoms with E-state index in [1.54, 1.807) is 6.07 Å². The zero-order valence-electron chi connectivity index (χ0n) is 8.29. The van der Waals surface area contributed by atoms with Crippen molar-refractivity contribution in [3.8, 4) is 23.8 Å². The Bertz CT molecular complexity index is 337. The fourth-order valence-electron chi connectivity index (χ4n) is 1.24. The number of aromatic hydroxyl groups is 1. The monoisotopic (exact) mass is 190 g/mol. The van der Waals surface area contributed by atoms with E-state index >= 15 is 0 Å². The van der Waals surface area contributed by atoms with Gasteiger partial charge in [-0.15, -0.1) is 6.42 Å². The van der Waals surface area contributed by atoms with Crippen molar-refractivity contribution in [1.82, 2.24) is 0 Å². The molecule has 1 rings (SSSR count). The van der Waals surface area contributed by atoms with Crippen molar-refractivity contribution < 1.29 is 9.84 Å². The SMILES string of the molecule is C#CCOc1ccc(CCC)c(O)c1. The molecule has 1 aromatic carbocycles. The molecule has 74 valence electrons. The molecule has 0 bridgehead atoms. The lowest BCUT2D eigenvalue weighted by Crippen LogP contribution is -1.94. The first-order chi connectivity index (χ1) is 6.77. The fraction of sp³-hybridized carbons (Fsp3) is 0.333. The van der Waals surface area contributed by atoms with Crippen molar-refractivity contribution >= 4 is 0 Å². The van der Waals surface area contributed by atoms with Gasteiger partial charge in [-0.1, -0.05) is 25.3 Å². The minimum Gasteiger partial charge on any atom is -0.508 e. The van der Waals surface area contributed by atoms with Gasteiger partial charge in [0.25, 0.3) is 0 Å². The smallest absolute Gasteiger partial charge is 0.148 e. The molecule has 0 aliphatic carbocycles. The highest BCUT2D eigenvalue weighted by Gasteiger charge is 2.01. The first kappa shape index (κ1) is 10.5. The molecule has 0 saturated heterocycles. The molecule has 2 nitrogen and oxygen atoms in total. The van der Waals surface area contributed by atoms with E-state index in [2.05, 4.69) is 12.8 Å². The average molecular weight is 190 g/mol. The molecule has 0 fully saturated rings. The summed E-state index contributed by atoms with van der Waals surface area (Å²) in [5.74, 6) is 3.26. The first-order valence-electron chi connectivity index (χ1n) is 4.66. The third kappa shape index (κ3) is 2.70. The number of hydrogen-bond acceptors (Lipinski definition) is 2. The highest BCUT2D eigenvalue weighted by molar-refractivity contribution is 5.39. The normalized spacial score (nSPS) is 9.43. The predicted molar refractivity (Wildman–Crippen MR) is 56.4 cm³/mol. The summed E-state index contributed by atoms with van der Waals surface area (Å²) in [6, 6.07) is 5.29. The van der Waals surface area contributed by atoms with Crippen LogP contribution >= 0.6 is 0 Å². The fourth-order valence-corrected chi connectivity index (χ4v) is 1.24. The van der Waals surface area contributed by atoms with Crippen LogP contribution in [0.5, 0.6) is 11.5 Å². The molecule has 14 heavy (non-hydrogen) atoms. The number of rotatable bonds is 4. The number of terminal acetylenes is 1. The Labute approximate surface area is 84.5 Å². The van der Waals surface area contributed by atoms with Gasteiger partial charge in [0.05, 0.1) is 0 Å². The Morgan fingerprint density at radius 1 is 1.50 bits per heavy atom. The van der Waals surface area contributed by atoms with E-state index in [1.165, 1.54) is 0 Å². The number of phenolic OH excluding ortho intramolecular Hbond substituents is 1. The molecule has 0 radical (unpaired) electrons. The van der Waals surface area contributed by atoms with E-state index in [-0.39, 0.29) is 12.4 Å². The molecule has 0 spiro atoms. The second-order valence-electron chi connectivity index (χ2n) is 3.03. The number of aryl methyl sites for hydroxylation is 1. The lowest BCUT2D eigenvalue weighted by atomic mass is 10.1. The van der Waals surface area contributed by atoms with Crippen LogP contribution in [0.3, 0.4) is 0 Å². The molecular formula is C12H14O2. The number of benzene rings is 1. The minimum absolute atomic E-state index is 0.229. The Morgan fingerprint density at radius 3 is 2.86 bits per heavy atom. The van der Waals surface area contributed by atoms with Gasteiger partial charge in [0.2, 0.25) is 0 Å². The summed E-state index contributed by atoms with van der Waals surface area (Å²) in [5.41, 5.74) is 0.945. The van der Waals surface area contributed by atoms with Crippen molar-refractivity contribution in [2.45, 2.75) is 19.8 Å². The van der Waals surface area contributed by atoms with Gasteiger partial charge in [0.1, 0.15) is 18.1 Å². The van der Waals surface area contributed by atoms with Crippen LogP contribution in [0.4, 0.5) is 0 Å². The highest BCUT2D eigenvalue weighted by Crippen LogP contribution is 2.24. The lowest BCUT2D eigenvalue weighted by molar-refractivity contribution is 0.366. The van der Waals surface area contributed by atoms with Gasteiger partial charge in [-0.25, -0.2) is 0 Å². The standard InChI is InChI=1S/C12H14O2/c1-3-5-10-6-7-11(9-12(10)13)14-8-4-2/h2,6-7,9,13H,3,5,8H2,1H3. The summed E-state index contributed by atoms with van der Waals surface area (Å²) in [6.45, 7) is 2.30. The Balaban J connectivity index is 2.74.